The zero-order valence-electron chi connectivity index (χ0n) is 38.6. The van der Waals surface area contributed by atoms with Crippen LogP contribution >= 0.6 is 7.82 Å². The summed E-state index contributed by atoms with van der Waals surface area (Å²) in [5.41, 5.74) is 0. The summed E-state index contributed by atoms with van der Waals surface area (Å²) in [6.45, 7) is 3.23. The molecule has 0 aromatic carbocycles. The summed E-state index contributed by atoms with van der Waals surface area (Å²) in [6, 6.07) is 0. The molecule has 0 radical (unpaired) electrons. The van der Waals surface area contributed by atoms with Crippen molar-refractivity contribution >= 4 is 19.8 Å². The Kier molecular flexibility index (Phi) is 36.1. The summed E-state index contributed by atoms with van der Waals surface area (Å²) in [5, 5.41) is 50.2. The van der Waals surface area contributed by atoms with Crippen molar-refractivity contribution in [1.82, 2.24) is 0 Å². The maximum atomic E-state index is 12.8. The summed E-state index contributed by atoms with van der Waals surface area (Å²) in [4.78, 5) is 35.7. The van der Waals surface area contributed by atoms with Gasteiger partial charge in [0.15, 0.2) is 6.10 Å². The number of carbonyl (C=O) groups is 2. The molecule has 1 aliphatic rings. The fourth-order valence-electron chi connectivity index (χ4n) is 6.91. The summed E-state index contributed by atoms with van der Waals surface area (Å²) in [7, 11) is -5.13. The lowest BCUT2D eigenvalue weighted by atomic mass is 9.85. The van der Waals surface area contributed by atoms with E-state index in [1.165, 1.54) is 77.0 Å². The maximum Gasteiger partial charge on any atom is 0.472 e. The second kappa shape index (κ2) is 38.8. The first-order valence-electron chi connectivity index (χ1n) is 24.1. The minimum absolute atomic E-state index is 0.0574. The summed E-state index contributed by atoms with van der Waals surface area (Å²) < 4.78 is 33.5. The number of phosphoric acid groups is 1. The Hall–Kier alpha value is -2.45. The lowest BCUT2D eigenvalue weighted by Gasteiger charge is -2.41. The number of aliphatic hydroxyl groups is 5. The Labute approximate surface area is 379 Å². The number of ether oxygens (including phenoxy) is 2. The lowest BCUT2D eigenvalue weighted by molar-refractivity contribution is -0.220. The van der Waals surface area contributed by atoms with Crippen molar-refractivity contribution in [3.05, 3.63) is 60.8 Å². The van der Waals surface area contributed by atoms with Crippen LogP contribution in [0.15, 0.2) is 60.8 Å². The topological polar surface area (TPSA) is 210 Å². The van der Waals surface area contributed by atoms with Crippen molar-refractivity contribution in [3.8, 4) is 0 Å². The molecule has 0 bridgehead atoms. The molecule has 6 unspecified atom stereocenters. The summed E-state index contributed by atoms with van der Waals surface area (Å²) >= 11 is 0. The van der Waals surface area contributed by atoms with Gasteiger partial charge in [-0.1, -0.05) is 145 Å². The number of phosphoric ester groups is 1. The highest BCUT2D eigenvalue weighted by molar-refractivity contribution is 7.47. The highest BCUT2D eigenvalue weighted by Gasteiger charge is 2.51. The molecular formula is C49H85O13P. The largest absolute Gasteiger partial charge is 0.472 e. The van der Waals surface area contributed by atoms with Crippen molar-refractivity contribution in [1.29, 1.82) is 0 Å². The first-order valence-corrected chi connectivity index (χ1v) is 25.6. The minimum Gasteiger partial charge on any atom is -0.462 e. The van der Waals surface area contributed by atoms with E-state index >= 15 is 0 Å². The van der Waals surface area contributed by atoms with Gasteiger partial charge in [0, 0.05) is 12.8 Å². The lowest BCUT2D eigenvalue weighted by Crippen LogP contribution is -2.64. The van der Waals surface area contributed by atoms with Gasteiger partial charge in [0.2, 0.25) is 0 Å². The van der Waals surface area contributed by atoms with Crippen LogP contribution in [0.5, 0.6) is 0 Å². The molecule has 1 fully saturated rings. The van der Waals surface area contributed by atoms with Crippen molar-refractivity contribution in [3.63, 3.8) is 0 Å². The van der Waals surface area contributed by atoms with E-state index in [9.17, 15) is 44.6 Å². The predicted molar refractivity (Wildman–Crippen MR) is 249 cm³/mol. The molecular weight excluding hydrogens is 827 g/mol. The van der Waals surface area contributed by atoms with Gasteiger partial charge in [-0.25, -0.2) is 4.57 Å². The molecule has 8 atom stereocenters. The number of aliphatic hydroxyl groups excluding tert-OH is 5. The van der Waals surface area contributed by atoms with E-state index in [4.69, 9.17) is 18.5 Å². The Morgan fingerprint density at radius 2 is 0.857 bits per heavy atom. The van der Waals surface area contributed by atoms with Gasteiger partial charge in [-0.2, -0.15) is 0 Å². The predicted octanol–water partition coefficient (Wildman–Crippen LogP) is 9.73. The van der Waals surface area contributed by atoms with Gasteiger partial charge < -0.3 is 39.9 Å². The molecule has 0 heterocycles. The molecule has 364 valence electrons. The number of esters is 2. The smallest absolute Gasteiger partial charge is 0.462 e. The number of allylic oxidation sites excluding steroid dienone is 10. The minimum atomic E-state index is -5.13. The maximum absolute atomic E-state index is 12.8. The van der Waals surface area contributed by atoms with Gasteiger partial charge in [0.1, 0.15) is 43.2 Å². The van der Waals surface area contributed by atoms with Crippen LogP contribution < -0.4 is 0 Å². The van der Waals surface area contributed by atoms with Gasteiger partial charge in [0.05, 0.1) is 6.61 Å². The molecule has 14 heteroatoms. The fourth-order valence-corrected chi connectivity index (χ4v) is 7.88. The van der Waals surface area contributed by atoms with Gasteiger partial charge in [0.25, 0.3) is 0 Å². The number of rotatable bonds is 39. The highest BCUT2D eigenvalue weighted by atomic mass is 31.2. The molecule has 1 aliphatic carbocycles. The van der Waals surface area contributed by atoms with Crippen LogP contribution in [0, 0.1) is 0 Å². The van der Waals surface area contributed by atoms with E-state index in [2.05, 4.69) is 74.6 Å². The monoisotopic (exact) mass is 913 g/mol. The van der Waals surface area contributed by atoms with E-state index in [-0.39, 0.29) is 12.8 Å². The van der Waals surface area contributed by atoms with Crippen LogP contribution in [-0.2, 0) is 32.7 Å². The molecule has 0 aromatic rings. The third-order valence-corrected chi connectivity index (χ3v) is 11.8. The van der Waals surface area contributed by atoms with E-state index in [0.717, 1.165) is 64.2 Å². The Morgan fingerprint density at radius 3 is 1.38 bits per heavy atom. The SMILES string of the molecule is CCCCC/C=C/C/C=C/C/C=C/C/C=C/CCCCCC(=O)OC[C@@H](COP(=O)(O)OC1C(O)C(O)C(O)[C@H](O)C1O)OC(=O)CCCC/C=C/CCCCCCCCCCC. The van der Waals surface area contributed by atoms with Crippen molar-refractivity contribution in [2.45, 2.75) is 224 Å². The quantitative estimate of drug-likeness (QED) is 0.0147. The second-order valence-corrected chi connectivity index (χ2v) is 18.0. The average molecular weight is 913 g/mol. The van der Waals surface area contributed by atoms with Crippen LogP contribution in [0.3, 0.4) is 0 Å². The van der Waals surface area contributed by atoms with E-state index in [0.29, 0.717) is 12.8 Å². The first kappa shape index (κ1) is 58.6. The second-order valence-electron chi connectivity index (χ2n) is 16.6. The number of unbranched alkanes of at least 4 members (excludes halogenated alkanes) is 17. The molecule has 1 rings (SSSR count). The van der Waals surface area contributed by atoms with E-state index in [1.54, 1.807) is 0 Å². The average Bonchev–Trinajstić information content (AvgIpc) is 3.26. The van der Waals surface area contributed by atoms with Gasteiger partial charge in [-0.3, -0.25) is 18.6 Å². The van der Waals surface area contributed by atoms with Crippen LogP contribution in [0.2, 0.25) is 0 Å². The standard InChI is InChI=1S/C49H85O13P/c1-3-5-7-9-11-13-15-17-19-20-21-22-24-25-27-29-31-33-35-37-42(50)59-39-41(40-60-63(57,58)62-49-47(55)45(53)44(52)46(54)48(49)56)61-43(51)38-36-34-32-30-28-26-23-18-16-14-12-10-8-6-4-2/h11,13,17,19,21-22,25,27-28,30,41,44-49,52-56H,3-10,12,14-16,18,20,23-24,26,29,31-40H2,1-2H3,(H,57,58)/b13-11+,19-17+,22-21+,27-25+,30-28+/t41-,44?,45-,46?,47?,48?,49?/m0/s1. The zero-order chi connectivity index (χ0) is 46.4. The molecule has 0 spiro atoms. The van der Waals surface area contributed by atoms with Crippen molar-refractivity contribution < 1.29 is 63.1 Å². The molecule has 13 nitrogen and oxygen atoms in total. The van der Waals surface area contributed by atoms with Gasteiger partial charge >= 0.3 is 19.8 Å². The van der Waals surface area contributed by atoms with Gasteiger partial charge in [-0.15, -0.1) is 0 Å². The molecule has 0 amide bonds. The molecule has 0 aliphatic heterocycles. The highest BCUT2D eigenvalue weighted by Crippen LogP contribution is 2.47. The van der Waals surface area contributed by atoms with Crippen molar-refractivity contribution in [2.75, 3.05) is 13.2 Å². The Balaban J connectivity index is 2.48. The van der Waals surface area contributed by atoms with Crippen LogP contribution in [0.1, 0.15) is 181 Å². The summed E-state index contributed by atoms with van der Waals surface area (Å²) in [6.07, 6.45) is 34.2. The number of hydrogen-bond donors (Lipinski definition) is 6. The van der Waals surface area contributed by atoms with E-state index in [1.807, 2.05) is 0 Å². The van der Waals surface area contributed by atoms with Crippen LogP contribution in [-0.4, -0.2) is 98.3 Å². The van der Waals surface area contributed by atoms with Crippen LogP contribution in [0.25, 0.3) is 0 Å². The Morgan fingerprint density at radius 1 is 0.492 bits per heavy atom. The summed E-state index contributed by atoms with van der Waals surface area (Å²) in [5.74, 6) is -1.16. The molecule has 63 heavy (non-hydrogen) atoms. The Bertz CT molecular complexity index is 1330. The van der Waals surface area contributed by atoms with Crippen molar-refractivity contribution in [2.24, 2.45) is 0 Å². The number of hydrogen-bond acceptors (Lipinski definition) is 12. The molecule has 0 saturated heterocycles. The van der Waals surface area contributed by atoms with Crippen LogP contribution in [0.4, 0.5) is 0 Å². The molecule has 0 aromatic heterocycles. The molecule has 1 saturated carbocycles. The normalized spacial score (nSPS) is 22.2. The third kappa shape index (κ3) is 31.2. The zero-order valence-corrected chi connectivity index (χ0v) is 39.5. The first-order chi connectivity index (χ1) is 30.4. The fraction of sp³-hybridized carbons (Fsp3) is 0.755. The molecule has 6 N–H and O–H groups in total. The van der Waals surface area contributed by atoms with Gasteiger partial charge in [-0.05, 0) is 83.5 Å². The number of carbonyl (C=O) groups excluding carboxylic acids is 2. The third-order valence-electron chi connectivity index (χ3n) is 10.8. The van der Waals surface area contributed by atoms with E-state index < -0.39 is 75.7 Å².